The first-order valence-electron chi connectivity index (χ1n) is 7.08. The Balaban J connectivity index is 3.98. The highest BCUT2D eigenvalue weighted by Gasteiger charge is 2.19. The van der Waals surface area contributed by atoms with E-state index in [2.05, 4.69) is 19.2 Å². The number of rotatable bonds is 9. The second-order valence-electron chi connectivity index (χ2n) is 5.23. The molecule has 4 heteroatoms. The molecule has 3 unspecified atom stereocenters. The minimum Gasteiger partial charge on any atom is -0.378 e. The highest BCUT2D eigenvalue weighted by molar-refractivity contribution is 5.81. The molecule has 0 rings (SSSR count). The lowest BCUT2D eigenvalue weighted by molar-refractivity contribution is -0.123. The maximum atomic E-state index is 11.8. The first-order valence-corrected chi connectivity index (χ1v) is 7.08. The summed E-state index contributed by atoms with van der Waals surface area (Å²) in [5.74, 6) is 0.631. The fourth-order valence-electron chi connectivity index (χ4n) is 1.79. The molecule has 3 atom stereocenters. The van der Waals surface area contributed by atoms with E-state index in [-0.39, 0.29) is 17.9 Å². The van der Waals surface area contributed by atoms with E-state index in [4.69, 9.17) is 10.5 Å². The van der Waals surface area contributed by atoms with Crippen molar-refractivity contribution >= 4 is 5.91 Å². The number of nitrogens with two attached hydrogens (primary N) is 1. The molecule has 108 valence electrons. The molecule has 0 aliphatic rings. The maximum absolute atomic E-state index is 11.8. The smallest absolute Gasteiger partial charge is 0.237 e. The quantitative estimate of drug-likeness (QED) is 0.664. The summed E-state index contributed by atoms with van der Waals surface area (Å²) in [6.07, 6.45) is 1.96. The van der Waals surface area contributed by atoms with Crippen molar-refractivity contribution in [3.05, 3.63) is 0 Å². The highest BCUT2D eigenvalue weighted by atomic mass is 16.5. The molecule has 0 radical (unpaired) electrons. The summed E-state index contributed by atoms with van der Waals surface area (Å²) in [5, 5.41) is 2.90. The first kappa shape index (κ1) is 17.4. The number of nitrogens with one attached hydrogen (secondary N) is 1. The molecular formula is C14H30N2O2. The molecule has 18 heavy (non-hydrogen) atoms. The van der Waals surface area contributed by atoms with E-state index in [1.165, 1.54) is 0 Å². The lowest BCUT2D eigenvalue weighted by atomic mass is 9.99. The van der Waals surface area contributed by atoms with Gasteiger partial charge in [0.1, 0.15) is 0 Å². The number of ether oxygens (including phenoxy) is 1. The Morgan fingerprint density at radius 3 is 2.33 bits per heavy atom. The van der Waals surface area contributed by atoms with Crippen LogP contribution in [0.5, 0.6) is 0 Å². The lowest BCUT2D eigenvalue weighted by Gasteiger charge is -2.22. The molecule has 0 aliphatic carbocycles. The van der Waals surface area contributed by atoms with Crippen LogP contribution in [-0.4, -0.2) is 31.2 Å². The Hall–Kier alpha value is -0.610. The van der Waals surface area contributed by atoms with Gasteiger partial charge < -0.3 is 15.8 Å². The van der Waals surface area contributed by atoms with Gasteiger partial charge in [-0.1, -0.05) is 34.1 Å². The van der Waals surface area contributed by atoms with Crippen molar-refractivity contribution in [2.24, 2.45) is 17.6 Å². The van der Waals surface area contributed by atoms with Crippen molar-refractivity contribution < 1.29 is 9.53 Å². The van der Waals surface area contributed by atoms with E-state index >= 15 is 0 Å². The molecule has 0 aromatic carbocycles. The van der Waals surface area contributed by atoms with Gasteiger partial charge in [0.25, 0.3) is 0 Å². The Morgan fingerprint density at radius 2 is 1.89 bits per heavy atom. The second kappa shape index (κ2) is 9.34. The van der Waals surface area contributed by atoms with E-state index in [0.717, 1.165) is 12.8 Å². The molecule has 0 spiro atoms. The molecule has 0 aliphatic heterocycles. The molecule has 0 aromatic rings. The van der Waals surface area contributed by atoms with Crippen LogP contribution in [-0.2, 0) is 9.53 Å². The summed E-state index contributed by atoms with van der Waals surface area (Å²) in [7, 11) is 0. The monoisotopic (exact) mass is 258 g/mol. The topological polar surface area (TPSA) is 64.3 Å². The van der Waals surface area contributed by atoms with Crippen molar-refractivity contribution in [3.8, 4) is 0 Å². The second-order valence-corrected chi connectivity index (χ2v) is 5.23. The van der Waals surface area contributed by atoms with Crippen LogP contribution in [0.1, 0.15) is 47.5 Å². The van der Waals surface area contributed by atoms with E-state index in [1.807, 2.05) is 20.8 Å². The largest absolute Gasteiger partial charge is 0.378 e. The van der Waals surface area contributed by atoms with Crippen LogP contribution >= 0.6 is 0 Å². The van der Waals surface area contributed by atoms with Gasteiger partial charge in [-0.25, -0.2) is 0 Å². The summed E-state index contributed by atoms with van der Waals surface area (Å²) in [6.45, 7) is 11.6. The molecule has 0 saturated heterocycles. The minimum absolute atomic E-state index is 0.0524. The molecule has 4 nitrogen and oxygen atoms in total. The van der Waals surface area contributed by atoms with E-state index < -0.39 is 6.04 Å². The minimum atomic E-state index is -0.403. The lowest BCUT2D eigenvalue weighted by Crippen LogP contribution is -2.45. The highest BCUT2D eigenvalue weighted by Crippen LogP contribution is 2.10. The third-order valence-corrected chi connectivity index (χ3v) is 3.41. The zero-order valence-electron chi connectivity index (χ0n) is 12.5. The fraction of sp³-hybridized carbons (Fsp3) is 0.929. The van der Waals surface area contributed by atoms with Gasteiger partial charge in [0.2, 0.25) is 5.91 Å². The molecule has 0 saturated carbocycles. The number of amides is 1. The van der Waals surface area contributed by atoms with Crippen LogP contribution in [0.3, 0.4) is 0 Å². The number of hydrogen-bond donors (Lipinski definition) is 2. The zero-order valence-corrected chi connectivity index (χ0v) is 12.5. The normalized spacial score (nSPS) is 16.4. The Bertz CT molecular complexity index is 232. The van der Waals surface area contributed by atoms with Gasteiger partial charge in [-0.15, -0.1) is 0 Å². The molecule has 0 bridgehead atoms. The summed E-state index contributed by atoms with van der Waals surface area (Å²) in [4.78, 5) is 11.8. The van der Waals surface area contributed by atoms with Crippen molar-refractivity contribution in [1.29, 1.82) is 0 Å². The fourth-order valence-corrected chi connectivity index (χ4v) is 1.79. The summed E-state index contributed by atoms with van der Waals surface area (Å²) < 4.78 is 5.63. The Kier molecular flexibility index (Phi) is 9.02. The summed E-state index contributed by atoms with van der Waals surface area (Å²) in [6, 6.07) is -0.403. The third kappa shape index (κ3) is 6.36. The third-order valence-electron chi connectivity index (χ3n) is 3.41. The molecule has 0 aromatic heterocycles. The van der Waals surface area contributed by atoms with Crippen molar-refractivity contribution in [1.82, 2.24) is 5.32 Å². The van der Waals surface area contributed by atoms with Gasteiger partial charge in [0.15, 0.2) is 0 Å². The zero-order chi connectivity index (χ0) is 14.1. The van der Waals surface area contributed by atoms with Gasteiger partial charge in [-0.05, 0) is 25.2 Å². The van der Waals surface area contributed by atoms with Crippen LogP contribution in [0.2, 0.25) is 0 Å². The first-order chi connectivity index (χ1) is 8.43. The van der Waals surface area contributed by atoms with Crippen LogP contribution < -0.4 is 11.1 Å². The van der Waals surface area contributed by atoms with Crippen molar-refractivity contribution in [2.75, 3.05) is 13.2 Å². The average Bonchev–Trinajstić information content (AvgIpc) is 2.35. The average molecular weight is 258 g/mol. The number of hydrogen-bond acceptors (Lipinski definition) is 3. The standard InChI is InChI=1S/C14H30N2O2/c1-6-11(5)13(15)14(17)16-9-8-12(10(3)4)18-7-2/h10-13H,6-9,15H2,1-5H3,(H,16,17). The predicted molar refractivity (Wildman–Crippen MR) is 75.3 cm³/mol. The van der Waals surface area contributed by atoms with E-state index in [0.29, 0.717) is 19.1 Å². The molecule has 3 N–H and O–H groups in total. The van der Waals surface area contributed by atoms with E-state index in [9.17, 15) is 4.79 Å². The molecule has 1 amide bonds. The predicted octanol–water partition coefficient (Wildman–Crippen LogP) is 1.93. The van der Waals surface area contributed by atoms with Crippen LogP contribution in [0.25, 0.3) is 0 Å². The van der Waals surface area contributed by atoms with Gasteiger partial charge in [0, 0.05) is 13.2 Å². The summed E-state index contributed by atoms with van der Waals surface area (Å²) >= 11 is 0. The molecule has 0 fully saturated rings. The van der Waals surface area contributed by atoms with Crippen LogP contribution in [0.15, 0.2) is 0 Å². The maximum Gasteiger partial charge on any atom is 0.237 e. The Labute approximate surface area is 112 Å². The van der Waals surface area contributed by atoms with Crippen molar-refractivity contribution in [2.45, 2.75) is 59.6 Å². The number of carbonyl (C=O) groups excluding carboxylic acids is 1. The van der Waals surface area contributed by atoms with Crippen LogP contribution in [0.4, 0.5) is 0 Å². The summed E-state index contributed by atoms with van der Waals surface area (Å²) in [5.41, 5.74) is 5.86. The van der Waals surface area contributed by atoms with Crippen molar-refractivity contribution in [3.63, 3.8) is 0 Å². The number of carbonyl (C=O) groups is 1. The van der Waals surface area contributed by atoms with Gasteiger partial charge in [0.05, 0.1) is 12.1 Å². The van der Waals surface area contributed by atoms with Gasteiger partial charge in [-0.3, -0.25) is 4.79 Å². The van der Waals surface area contributed by atoms with Gasteiger partial charge >= 0.3 is 0 Å². The SMILES string of the molecule is CCOC(CCNC(=O)C(N)C(C)CC)C(C)C. The van der Waals surface area contributed by atoms with Crippen LogP contribution in [0, 0.1) is 11.8 Å². The molecular weight excluding hydrogens is 228 g/mol. The Morgan fingerprint density at radius 1 is 1.28 bits per heavy atom. The van der Waals surface area contributed by atoms with E-state index in [1.54, 1.807) is 0 Å². The molecule has 0 heterocycles. The van der Waals surface area contributed by atoms with Gasteiger partial charge in [-0.2, -0.15) is 0 Å².